The summed E-state index contributed by atoms with van der Waals surface area (Å²) in [5, 5.41) is 11.7. The van der Waals surface area contributed by atoms with Crippen LogP contribution in [0.1, 0.15) is 39.0 Å². The SMILES string of the molecule is CC1CC(C(=O)O)CN(C(=O)NCC2CCCCC2C(F)(F)F)C1. The van der Waals surface area contributed by atoms with E-state index in [1.807, 2.05) is 6.92 Å². The topological polar surface area (TPSA) is 69.6 Å². The van der Waals surface area contributed by atoms with Crippen LogP contribution in [0, 0.1) is 23.7 Å². The van der Waals surface area contributed by atoms with Gasteiger partial charge in [0.2, 0.25) is 0 Å². The lowest BCUT2D eigenvalue weighted by molar-refractivity contribution is -0.195. The summed E-state index contributed by atoms with van der Waals surface area (Å²) in [5.74, 6) is -3.46. The predicted octanol–water partition coefficient (Wildman–Crippen LogP) is 3.11. The molecule has 1 saturated carbocycles. The van der Waals surface area contributed by atoms with Gasteiger partial charge in [0.25, 0.3) is 0 Å². The van der Waals surface area contributed by atoms with Crippen molar-refractivity contribution in [1.29, 1.82) is 0 Å². The van der Waals surface area contributed by atoms with Crippen molar-refractivity contribution in [1.82, 2.24) is 10.2 Å². The number of aliphatic carboxylic acids is 1. The van der Waals surface area contributed by atoms with Gasteiger partial charge in [-0.1, -0.05) is 19.8 Å². The van der Waals surface area contributed by atoms with Gasteiger partial charge in [0.1, 0.15) is 0 Å². The van der Waals surface area contributed by atoms with Crippen molar-refractivity contribution in [2.45, 2.75) is 45.2 Å². The van der Waals surface area contributed by atoms with Crippen LogP contribution in [0.25, 0.3) is 0 Å². The van der Waals surface area contributed by atoms with E-state index in [2.05, 4.69) is 5.32 Å². The van der Waals surface area contributed by atoms with Gasteiger partial charge < -0.3 is 15.3 Å². The lowest BCUT2D eigenvalue weighted by Gasteiger charge is -2.36. The van der Waals surface area contributed by atoms with E-state index in [0.717, 1.165) is 6.42 Å². The number of hydrogen-bond acceptors (Lipinski definition) is 2. The Morgan fingerprint density at radius 3 is 2.50 bits per heavy atom. The summed E-state index contributed by atoms with van der Waals surface area (Å²) in [7, 11) is 0. The fraction of sp³-hybridized carbons (Fsp3) is 0.875. The summed E-state index contributed by atoms with van der Waals surface area (Å²) >= 11 is 0. The van der Waals surface area contributed by atoms with Crippen molar-refractivity contribution >= 4 is 12.0 Å². The second kappa shape index (κ2) is 7.61. The monoisotopic (exact) mass is 350 g/mol. The number of carbonyl (C=O) groups is 2. The third-order valence-corrected chi connectivity index (χ3v) is 5.14. The molecule has 1 aliphatic heterocycles. The van der Waals surface area contributed by atoms with Gasteiger partial charge in [-0.15, -0.1) is 0 Å². The number of hydrogen-bond donors (Lipinski definition) is 2. The quantitative estimate of drug-likeness (QED) is 0.822. The maximum atomic E-state index is 13.1. The van der Waals surface area contributed by atoms with Crippen LogP contribution in [0.5, 0.6) is 0 Å². The van der Waals surface area contributed by atoms with Gasteiger partial charge in [0, 0.05) is 19.6 Å². The van der Waals surface area contributed by atoms with Crippen molar-refractivity contribution in [3.63, 3.8) is 0 Å². The molecule has 5 nitrogen and oxygen atoms in total. The first kappa shape index (κ1) is 18.9. The molecule has 1 heterocycles. The maximum absolute atomic E-state index is 13.1. The molecule has 0 radical (unpaired) electrons. The highest BCUT2D eigenvalue weighted by molar-refractivity contribution is 5.76. The summed E-state index contributed by atoms with van der Waals surface area (Å²) in [5.41, 5.74) is 0. The number of rotatable bonds is 3. The number of carboxylic acid groups (broad SMARTS) is 1. The Morgan fingerprint density at radius 2 is 1.88 bits per heavy atom. The van der Waals surface area contributed by atoms with Crippen molar-refractivity contribution in [2.24, 2.45) is 23.7 Å². The molecule has 1 saturated heterocycles. The molecule has 2 aliphatic rings. The largest absolute Gasteiger partial charge is 0.481 e. The minimum absolute atomic E-state index is 0.00830. The van der Waals surface area contributed by atoms with Crippen LogP contribution >= 0.6 is 0 Å². The van der Waals surface area contributed by atoms with Gasteiger partial charge in [-0.2, -0.15) is 13.2 Å². The fourth-order valence-electron chi connectivity index (χ4n) is 3.91. The molecule has 0 aromatic rings. The van der Waals surface area contributed by atoms with Crippen LogP contribution in [0.3, 0.4) is 0 Å². The number of likely N-dealkylation sites (tertiary alicyclic amines) is 1. The predicted molar refractivity (Wildman–Crippen MR) is 81.4 cm³/mol. The number of nitrogens with zero attached hydrogens (tertiary/aromatic N) is 1. The molecular weight excluding hydrogens is 325 g/mol. The molecule has 0 spiro atoms. The Kier molecular flexibility index (Phi) is 5.98. The highest BCUT2D eigenvalue weighted by Gasteiger charge is 2.45. The minimum Gasteiger partial charge on any atom is -0.481 e. The summed E-state index contributed by atoms with van der Waals surface area (Å²) in [6.07, 6.45) is -1.83. The Hall–Kier alpha value is -1.47. The number of amides is 2. The van der Waals surface area contributed by atoms with Crippen LogP contribution in [0.4, 0.5) is 18.0 Å². The number of carbonyl (C=O) groups excluding carboxylic acids is 1. The first-order valence-electron chi connectivity index (χ1n) is 8.50. The van der Waals surface area contributed by atoms with E-state index in [-0.39, 0.29) is 25.4 Å². The minimum atomic E-state index is -4.23. The van der Waals surface area contributed by atoms with Crippen LogP contribution in [0.15, 0.2) is 0 Å². The van der Waals surface area contributed by atoms with Gasteiger partial charge in [0.05, 0.1) is 11.8 Å². The van der Waals surface area contributed by atoms with Crippen LogP contribution in [-0.4, -0.2) is 47.8 Å². The van der Waals surface area contributed by atoms with Gasteiger partial charge in [-0.25, -0.2) is 4.79 Å². The molecule has 2 fully saturated rings. The first-order valence-corrected chi connectivity index (χ1v) is 8.50. The number of nitrogens with one attached hydrogen (secondary N) is 1. The molecule has 0 bridgehead atoms. The van der Waals surface area contributed by atoms with Gasteiger partial charge in [-0.05, 0) is 31.1 Å². The second-order valence-corrected chi connectivity index (χ2v) is 7.16. The van der Waals surface area contributed by atoms with Gasteiger partial charge >= 0.3 is 18.2 Å². The molecule has 138 valence electrons. The number of alkyl halides is 3. The molecule has 2 amide bonds. The summed E-state index contributed by atoms with van der Waals surface area (Å²) in [6.45, 7) is 2.41. The third-order valence-electron chi connectivity index (χ3n) is 5.14. The van der Waals surface area contributed by atoms with Crippen molar-refractivity contribution in [3.05, 3.63) is 0 Å². The van der Waals surface area contributed by atoms with E-state index in [4.69, 9.17) is 5.11 Å². The van der Waals surface area contributed by atoms with Crippen LogP contribution in [-0.2, 0) is 4.79 Å². The molecule has 2 N–H and O–H groups in total. The smallest absolute Gasteiger partial charge is 0.392 e. The van der Waals surface area contributed by atoms with E-state index in [0.29, 0.717) is 25.8 Å². The normalized spacial score (nSPS) is 31.6. The second-order valence-electron chi connectivity index (χ2n) is 7.16. The average Bonchev–Trinajstić information content (AvgIpc) is 2.51. The zero-order chi connectivity index (χ0) is 17.9. The molecule has 8 heteroatoms. The Labute approximate surface area is 139 Å². The number of carboxylic acids is 1. The van der Waals surface area contributed by atoms with E-state index >= 15 is 0 Å². The lowest BCUT2D eigenvalue weighted by Crippen LogP contribution is -2.51. The Balaban J connectivity index is 1.90. The van der Waals surface area contributed by atoms with Crippen molar-refractivity contribution in [3.8, 4) is 0 Å². The van der Waals surface area contributed by atoms with Crippen LogP contribution in [0.2, 0.25) is 0 Å². The molecule has 1 aliphatic carbocycles. The lowest BCUT2D eigenvalue weighted by atomic mass is 9.79. The van der Waals surface area contributed by atoms with Crippen LogP contribution < -0.4 is 5.32 Å². The standard InChI is InChI=1S/C16H25F3N2O3/c1-10-6-12(14(22)23)9-21(8-10)15(24)20-7-11-4-2-3-5-13(11)16(17,18)19/h10-13H,2-9H2,1H3,(H,20,24)(H,22,23). The van der Waals surface area contributed by atoms with E-state index < -0.39 is 35.9 Å². The zero-order valence-corrected chi connectivity index (χ0v) is 13.8. The highest BCUT2D eigenvalue weighted by Crippen LogP contribution is 2.41. The number of urea groups is 1. The zero-order valence-electron chi connectivity index (χ0n) is 13.8. The molecule has 0 aromatic heterocycles. The molecule has 4 atom stereocenters. The van der Waals surface area contributed by atoms with E-state index in [1.54, 1.807) is 0 Å². The molecular formula is C16H25F3N2O3. The summed E-state index contributed by atoms with van der Waals surface area (Å²) in [4.78, 5) is 24.8. The average molecular weight is 350 g/mol. The van der Waals surface area contributed by atoms with E-state index in [1.165, 1.54) is 4.90 Å². The number of piperidine rings is 1. The van der Waals surface area contributed by atoms with Gasteiger partial charge in [-0.3, -0.25) is 4.79 Å². The maximum Gasteiger partial charge on any atom is 0.392 e. The number of halogens is 3. The Morgan fingerprint density at radius 1 is 1.21 bits per heavy atom. The van der Waals surface area contributed by atoms with Crippen molar-refractivity contribution in [2.75, 3.05) is 19.6 Å². The van der Waals surface area contributed by atoms with Gasteiger partial charge in [0.15, 0.2) is 0 Å². The highest BCUT2D eigenvalue weighted by atomic mass is 19.4. The molecule has 24 heavy (non-hydrogen) atoms. The van der Waals surface area contributed by atoms with E-state index in [9.17, 15) is 22.8 Å². The summed E-state index contributed by atoms with van der Waals surface area (Å²) in [6, 6.07) is -0.459. The Bertz CT molecular complexity index is 470. The van der Waals surface area contributed by atoms with Crippen molar-refractivity contribution < 1.29 is 27.9 Å². The first-order chi connectivity index (χ1) is 11.2. The fourth-order valence-corrected chi connectivity index (χ4v) is 3.91. The summed E-state index contributed by atoms with van der Waals surface area (Å²) < 4.78 is 39.2. The molecule has 0 aromatic carbocycles. The molecule has 4 unspecified atom stereocenters. The third kappa shape index (κ3) is 4.77. The molecule has 2 rings (SSSR count).